The Morgan fingerprint density at radius 1 is 0.714 bits per heavy atom. The van der Waals surface area contributed by atoms with Crippen LogP contribution in [0.25, 0.3) is 0 Å². The molecule has 0 saturated heterocycles. The van der Waals surface area contributed by atoms with Gasteiger partial charge in [-0.2, -0.15) is 0 Å². The second kappa shape index (κ2) is 11.2. The van der Waals surface area contributed by atoms with Crippen molar-refractivity contribution in [3.8, 4) is 0 Å². The summed E-state index contributed by atoms with van der Waals surface area (Å²) < 4.78 is 14.3. The molecule has 7 heteroatoms. The van der Waals surface area contributed by atoms with Gasteiger partial charge < -0.3 is 20.3 Å². The van der Waals surface area contributed by atoms with E-state index in [-0.39, 0.29) is 10.4 Å². The molecule has 0 aromatic carbocycles. The highest BCUT2D eigenvalue weighted by molar-refractivity contribution is 6.83. The molecule has 4 nitrogen and oxygen atoms in total. The smallest absolute Gasteiger partial charge is 0.216 e. The van der Waals surface area contributed by atoms with Gasteiger partial charge >= 0.3 is 0 Å². The van der Waals surface area contributed by atoms with Gasteiger partial charge in [-0.05, 0) is 84.3 Å². The lowest BCUT2D eigenvalue weighted by Crippen LogP contribution is -2.67. The Bertz CT molecular complexity index is 455. The van der Waals surface area contributed by atoms with E-state index in [1.807, 2.05) is 0 Å². The van der Waals surface area contributed by atoms with Crippen molar-refractivity contribution in [3.05, 3.63) is 0 Å². The fourth-order valence-electron chi connectivity index (χ4n) is 4.67. The van der Waals surface area contributed by atoms with Crippen molar-refractivity contribution in [1.29, 1.82) is 0 Å². The van der Waals surface area contributed by atoms with Crippen molar-refractivity contribution in [2.24, 2.45) is 11.5 Å². The third kappa shape index (κ3) is 7.03. The molecule has 0 aromatic heterocycles. The quantitative estimate of drug-likeness (QED) is 0.318. The zero-order chi connectivity index (χ0) is 22.3. The number of hydrogen-bond acceptors (Lipinski definition) is 4. The molecule has 0 heterocycles. The number of nitrogens with two attached hydrogens (primary N) is 2. The molecule has 0 saturated carbocycles. The van der Waals surface area contributed by atoms with Crippen LogP contribution < -0.4 is 11.5 Å². The molecule has 1 atom stereocenters. The summed E-state index contributed by atoms with van der Waals surface area (Å²) in [6, 6.07) is 2.35. The molecular weight excluding hydrogens is 397 g/mol. The average molecular weight is 449 g/mol. The molecule has 0 bridgehead atoms. The highest BCUT2D eigenvalue weighted by Gasteiger charge is 2.54. The summed E-state index contributed by atoms with van der Waals surface area (Å²) in [6.45, 7) is 25.2. The minimum absolute atomic E-state index is 0.000634. The molecule has 4 N–H and O–H groups in total. The summed E-state index contributed by atoms with van der Waals surface area (Å²) in [6.07, 6.45) is 5.32. The van der Waals surface area contributed by atoms with Crippen LogP contribution in [0.2, 0.25) is 51.4 Å². The minimum atomic E-state index is -2.15. The Kier molecular flexibility index (Phi) is 11.4. The second-order valence-electron chi connectivity index (χ2n) is 10.4. The average Bonchev–Trinajstić information content (AvgIpc) is 2.62. The predicted molar refractivity (Wildman–Crippen MR) is 134 cm³/mol. The fraction of sp³-hybridized carbons (Fsp3) is 1.00. The van der Waals surface area contributed by atoms with Crippen LogP contribution in [0.5, 0.6) is 0 Å². The van der Waals surface area contributed by atoms with E-state index in [2.05, 4.69) is 67.0 Å². The fourth-order valence-corrected chi connectivity index (χ4v) is 16.7. The first kappa shape index (κ1) is 28.5. The molecule has 1 unspecified atom stereocenters. The van der Waals surface area contributed by atoms with Crippen LogP contribution in [-0.4, -0.2) is 48.2 Å². The Labute approximate surface area is 179 Å². The van der Waals surface area contributed by atoms with E-state index in [9.17, 15) is 0 Å². The van der Waals surface area contributed by atoms with Crippen LogP contribution >= 0.6 is 0 Å². The van der Waals surface area contributed by atoms with Crippen molar-refractivity contribution in [1.82, 2.24) is 0 Å². The van der Waals surface area contributed by atoms with Crippen molar-refractivity contribution in [3.63, 3.8) is 0 Å². The first-order valence-corrected chi connectivity index (χ1v) is 20.8. The van der Waals surface area contributed by atoms with Gasteiger partial charge in [-0.15, -0.1) is 0 Å². The zero-order valence-corrected chi connectivity index (χ0v) is 23.8. The standard InChI is InChI=1S/C21H52N2O2Si3/c1-11-20(4,24-27(7,8)19-15-17-23)28(9,10)25-21(12-2,13-3)26(5,6)18-14-16-22/h11-19,22-23H2,1-10H3. The highest BCUT2D eigenvalue weighted by atomic mass is 28.4. The van der Waals surface area contributed by atoms with Crippen molar-refractivity contribution in [2.45, 2.75) is 122 Å². The molecule has 0 radical (unpaired) electrons. The molecule has 0 amide bonds. The molecule has 0 aliphatic rings. The van der Waals surface area contributed by atoms with E-state index < -0.39 is 24.7 Å². The topological polar surface area (TPSA) is 70.5 Å². The molecule has 0 fully saturated rings. The summed E-state index contributed by atoms with van der Waals surface area (Å²) in [5, 5.41) is -0.175. The second-order valence-corrected chi connectivity index (χ2v) is 24.1. The molecule has 28 heavy (non-hydrogen) atoms. The monoisotopic (exact) mass is 448 g/mol. The van der Waals surface area contributed by atoms with Crippen LogP contribution in [0.1, 0.15) is 59.8 Å². The number of rotatable bonds is 15. The third-order valence-corrected chi connectivity index (χ3v) is 19.0. The van der Waals surface area contributed by atoms with E-state index in [1.54, 1.807) is 0 Å². The van der Waals surface area contributed by atoms with Gasteiger partial charge in [-0.25, -0.2) is 0 Å². The summed E-state index contributed by atoms with van der Waals surface area (Å²) in [5.74, 6) is 0. The Morgan fingerprint density at radius 2 is 1.18 bits per heavy atom. The van der Waals surface area contributed by atoms with E-state index in [0.29, 0.717) is 0 Å². The zero-order valence-electron chi connectivity index (χ0n) is 20.8. The van der Waals surface area contributed by atoms with Gasteiger partial charge in [0, 0.05) is 5.22 Å². The largest absolute Gasteiger partial charge is 0.412 e. The summed E-state index contributed by atoms with van der Waals surface area (Å²) in [5.41, 5.74) is 11.6. The van der Waals surface area contributed by atoms with E-state index in [4.69, 9.17) is 20.3 Å². The van der Waals surface area contributed by atoms with Crippen LogP contribution in [-0.2, 0) is 8.85 Å². The molecular formula is C21H52N2O2Si3. The Morgan fingerprint density at radius 3 is 1.57 bits per heavy atom. The number of hydrogen-bond donors (Lipinski definition) is 2. The van der Waals surface area contributed by atoms with Gasteiger partial charge in [0.05, 0.1) is 13.3 Å². The summed E-state index contributed by atoms with van der Waals surface area (Å²) in [4.78, 5) is 0. The maximum absolute atomic E-state index is 7.32. The van der Waals surface area contributed by atoms with E-state index in [1.165, 1.54) is 6.04 Å². The normalized spacial score (nSPS) is 16.3. The minimum Gasteiger partial charge on any atom is -0.412 e. The lowest BCUT2D eigenvalue weighted by Gasteiger charge is -2.54. The Balaban J connectivity index is 5.81. The van der Waals surface area contributed by atoms with Crippen molar-refractivity contribution < 1.29 is 8.85 Å². The molecule has 0 rings (SSSR count). The SMILES string of the molecule is CCC(CC)(O[Si](C)(C)C(C)(CC)O[Si](C)(C)CCCN)[Si](C)(C)CCCN. The maximum Gasteiger partial charge on any atom is 0.216 e. The van der Waals surface area contributed by atoms with Gasteiger partial charge in [0.25, 0.3) is 0 Å². The molecule has 0 aliphatic carbocycles. The van der Waals surface area contributed by atoms with Crippen molar-refractivity contribution >= 4 is 24.7 Å². The van der Waals surface area contributed by atoms with Crippen molar-refractivity contribution in [2.75, 3.05) is 13.1 Å². The van der Waals surface area contributed by atoms with Gasteiger partial charge in [0.1, 0.15) is 0 Å². The van der Waals surface area contributed by atoms with Crippen LogP contribution in [0, 0.1) is 0 Å². The molecule has 0 aromatic rings. The van der Waals surface area contributed by atoms with E-state index >= 15 is 0 Å². The lowest BCUT2D eigenvalue weighted by molar-refractivity contribution is 0.0642. The molecule has 0 spiro atoms. The molecule has 0 aliphatic heterocycles. The van der Waals surface area contributed by atoms with Gasteiger partial charge in [-0.3, -0.25) is 0 Å². The third-order valence-electron chi connectivity index (χ3n) is 7.26. The van der Waals surface area contributed by atoms with Gasteiger partial charge in [-0.1, -0.05) is 39.9 Å². The summed E-state index contributed by atoms with van der Waals surface area (Å²) in [7, 11) is -5.54. The van der Waals surface area contributed by atoms with Crippen LogP contribution in [0.4, 0.5) is 0 Å². The van der Waals surface area contributed by atoms with Gasteiger partial charge in [0.2, 0.25) is 8.32 Å². The first-order chi connectivity index (χ1) is 12.7. The maximum atomic E-state index is 7.32. The first-order valence-electron chi connectivity index (χ1n) is 11.5. The predicted octanol–water partition coefficient (Wildman–Crippen LogP) is 5.64. The summed E-state index contributed by atoms with van der Waals surface area (Å²) >= 11 is 0. The molecule has 170 valence electrons. The van der Waals surface area contributed by atoms with Gasteiger partial charge in [0.15, 0.2) is 8.32 Å². The lowest BCUT2D eigenvalue weighted by atomic mass is 10.2. The van der Waals surface area contributed by atoms with Crippen LogP contribution in [0.3, 0.4) is 0 Å². The van der Waals surface area contributed by atoms with Crippen LogP contribution in [0.15, 0.2) is 0 Å². The highest BCUT2D eigenvalue weighted by Crippen LogP contribution is 2.42. The Hall–Kier alpha value is 0.491. The van der Waals surface area contributed by atoms with E-state index in [0.717, 1.165) is 51.2 Å².